The summed E-state index contributed by atoms with van der Waals surface area (Å²) in [5.41, 5.74) is 0.188. The fourth-order valence-corrected chi connectivity index (χ4v) is 1.35. The molecule has 5 heteroatoms. The number of carbonyl (C=O) groups is 1. The minimum Gasteiger partial charge on any atom is -0.478 e. The van der Waals surface area contributed by atoms with Crippen molar-refractivity contribution in [1.29, 1.82) is 0 Å². The standard InChI is InChI=1S/C11H17NO4/c1-3-8(13)5-12-6-9-4-10(11(14)15)7(2)16-9/h4,8,12-13H,3,5-6H2,1-2H3,(H,14,15). The average Bonchev–Trinajstić information content (AvgIpc) is 2.59. The first kappa shape index (κ1) is 12.7. The van der Waals surface area contributed by atoms with E-state index in [-0.39, 0.29) is 11.7 Å². The van der Waals surface area contributed by atoms with Crippen LogP contribution in [0.4, 0.5) is 0 Å². The number of aromatic carboxylic acids is 1. The number of hydrogen-bond donors (Lipinski definition) is 3. The van der Waals surface area contributed by atoms with Crippen molar-refractivity contribution >= 4 is 5.97 Å². The van der Waals surface area contributed by atoms with Crippen molar-refractivity contribution in [3.8, 4) is 0 Å². The first-order valence-corrected chi connectivity index (χ1v) is 5.26. The normalized spacial score (nSPS) is 12.7. The monoisotopic (exact) mass is 227 g/mol. The van der Waals surface area contributed by atoms with Crippen molar-refractivity contribution in [3.05, 3.63) is 23.2 Å². The third kappa shape index (κ3) is 3.36. The molecule has 0 saturated heterocycles. The second-order valence-corrected chi connectivity index (χ2v) is 3.68. The van der Waals surface area contributed by atoms with E-state index in [4.69, 9.17) is 9.52 Å². The number of furan rings is 1. The largest absolute Gasteiger partial charge is 0.478 e. The highest BCUT2D eigenvalue weighted by molar-refractivity contribution is 5.88. The van der Waals surface area contributed by atoms with Crippen molar-refractivity contribution < 1.29 is 19.4 Å². The van der Waals surface area contributed by atoms with Crippen LogP contribution in [-0.2, 0) is 6.54 Å². The molecule has 0 saturated carbocycles. The highest BCUT2D eigenvalue weighted by atomic mass is 16.4. The molecule has 0 spiro atoms. The summed E-state index contributed by atoms with van der Waals surface area (Å²) >= 11 is 0. The quantitative estimate of drug-likeness (QED) is 0.679. The Morgan fingerprint density at radius 1 is 1.62 bits per heavy atom. The molecule has 5 nitrogen and oxygen atoms in total. The van der Waals surface area contributed by atoms with Gasteiger partial charge < -0.3 is 19.9 Å². The Hall–Kier alpha value is -1.33. The van der Waals surface area contributed by atoms with Gasteiger partial charge in [-0.2, -0.15) is 0 Å². The van der Waals surface area contributed by atoms with Crippen molar-refractivity contribution in [3.63, 3.8) is 0 Å². The molecule has 1 aromatic heterocycles. The van der Waals surface area contributed by atoms with Crippen LogP contribution in [0.25, 0.3) is 0 Å². The Balaban J connectivity index is 2.49. The van der Waals surface area contributed by atoms with E-state index < -0.39 is 5.97 Å². The summed E-state index contributed by atoms with van der Waals surface area (Å²) in [6.07, 6.45) is 0.305. The molecule has 0 aliphatic rings. The van der Waals surface area contributed by atoms with Gasteiger partial charge in [-0.3, -0.25) is 0 Å². The summed E-state index contributed by atoms with van der Waals surface area (Å²) < 4.78 is 5.27. The Labute approximate surface area is 94.1 Å². The van der Waals surface area contributed by atoms with Crippen molar-refractivity contribution in [1.82, 2.24) is 5.32 Å². The van der Waals surface area contributed by atoms with E-state index in [9.17, 15) is 9.90 Å². The minimum atomic E-state index is -0.985. The molecule has 1 rings (SSSR count). The fourth-order valence-electron chi connectivity index (χ4n) is 1.35. The first-order chi connectivity index (χ1) is 7.54. The van der Waals surface area contributed by atoms with Crippen LogP contribution in [0.2, 0.25) is 0 Å². The van der Waals surface area contributed by atoms with Crippen molar-refractivity contribution in [2.45, 2.75) is 32.9 Å². The van der Waals surface area contributed by atoms with Gasteiger partial charge >= 0.3 is 5.97 Å². The molecule has 0 amide bonds. The van der Waals surface area contributed by atoms with Crippen molar-refractivity contribution in [2.75, 3.05) is 6.54 Å². The van der Waals surface area contributed by atoms with Gasteiger partial charge in [0.1, 0.15) is 17.1 Å². The number of hydrogen-bond acceptors (Lipinski definition) is 4. The molecule has 1 heterocycles. The van der Waals surface area contributed by atoms with E-state index in [0.29, 0.717) is 31.0 Å². The van der Waals surface area contributed by atoms with Gasteiger partial charge in [0.25, 0.3) is 0 Å². The molecule has 0 radical (unpaired) electrons. The second kappa shape index (κ2) is 5.67. The zero-order valence-electron chi connectivity index (χ0n) is 9.49. The molecular weight excluding hydrogens is 210 g/mol. The van der Waals surface area contributed by atoms with Gasteiger partial charge in [-0.25, -0.2) is 4.79 Å². The zero-order valence-corrected chi connectivity index (χ0v) is 9.49. The van der Waals surface area contributed by atoms with Crippen LogP contribution in [0.15, 0.2) is 10.5 Å². The number of carboxylic acid groups (broad SMARTS) is 1. The number of nitrogens with one attached hydrogen (secondary N) is 1. The summed E-state index contributed by atoms with van der Waals surface area (Å²) in [6, 6.07) is 1.50. The highest BCUT2D eigenvalue weighted by Crippen LogP contribution is 2.14. The van der Waals surface area contributed by atoms with E-state index >= 15 is 0 Å². The predicted octanol–water partition coefficient (Wildman–Crippen LogP) is 1.15. The summed E-state index contributed by atoms with van der Waals surface area (Å²) in [4.78, 5) is 10.7. The molecule has 3 N–H and O–H groups in total. The van der Waals surface area contributed by atoms with Gasteiger partial charge in [-0.15, -0.1) is 0 Å². The fraction of sp³-hybridized carbons (Fsp3) is 0.545. The summed E-state index contributed by atoms with van der Waals surface area (Å²) in [5, 5.41) is 21.1. The average molecular weight is 227 g/mol. The lowest BCUT2D eigenvalue weighted by atomic mass is 10.2. The third-order valence-corrected chi connectivity index (χ3v) is 2.35. The molecule has 0 aliphatic heterocycles. The van der Waals surface area contributed by atoms with Crippen LogP contribution in [-0.4, -0.2) is 28.8 Å². The maximum absolute atomic E-state index is 10.7. The molecule has 90 valence electrons. The molecule has 0 aromatic carbocycles. The number of carboxylic acids is 1. The summed E-state index contributed by atoms with van der Waals surface area (Å²) in [6.45, 7) is 4.41. The van der Waals surface area contributed by atoms with Crippen molar-refractivity contribution in [2.24, 2.45) is 0 Å². The van der Waals surface area contributed by atoms with E-state index in [0.717, 1.165) is 0 Å². The lowest BCUT2D eigenvalue weighted by molar-refractivity contribution is 0.0695. The maximum atomic E-state index is 10.7. The summed E-state index contributed by atoms with van der Waals surface area (Å²) in [7, 11) is 0. The molecule has 0 bridgehead atoms. The van der Waals surface area contributed by atoms with Gasteiger partial charge in [-0.1, -0.05) is 6.92 Å². The zero-order chi connectivity index (χ0) is 12.1. The van der Waals surface area contributed by atoms with Gasteiger partial charge in [-0.05, 0) is 19.4 Å². The molecule has 16 heavy (non-hydrogen) atoms. The maximum Gasteiger partial charge on any atom is 0.339 e. The smallest absolute Gasteiger partial charge is 0.339 e. The molecule has 1 atom stereocenters. The highest BCUT2D eigenvalue weighted by Gasteiger charge is 2.13. The summed E-state index contributed by atoms with van der Waals surface area (Å²) in [5.74, 6) is -0.0142. The molecule has 1 unspecified atom stereocenters. The third-order valence-electron chi connectivity index (χ3n) is 2.35. The van der Waals surface area contributed by atoms with Crippen LogP contribution >= 0.6 is 0 Å². The Morgan fingerprint density at radius 3 is 2.81 bits per heavy atom. The van der Waals surface area contributed by atoms with Crippen LogP contribution < -0.4 is 5.32 Å². The van der Waals surface area contributed by atoms with Crippen LogP contribution in [0.3, 0.4) is 0 Å². The second-order valence-electron chi connectivity index (χ2n) is 3.68. The molecule has 1 aromatic rings. The van der Waals surface area contributed by atoms with E-state index in [2.05, 4.69) is 5.32 Å². The van der Waals surface area contributed by atoms with Crippen LogP contribution in [0, 0.1) is 6.92 Å². The van der Waals surface area contributed by atoms with E-state index in [1.807, 2.05) is 6.92 Å². The Bertz CT molecular complexity index is 359. The van der Waals surface area contributed by atoms with E-state index in [1.165, 1.54) is 6.07 Å². The Morgan fingerprint density at radius 2 is 2.31 bits per heavy atom. The van der Waals surface area contributed by atoms with Crippen LogP contribution in [0.5, 0.6) is 0 Å². The lowest BCUT2D eigenvalue weighted by Gasteiger charge is -2.07. The first-order valence-electron chi connectivity index (χ1n) is 5.26. The molecule has 0 fully saturated rings. The lowest BCUT2D eigenvalue weighted by Crippen LogP contribution is -2.25. The number of aliphatic hydroxyl groups excluding tert-OH is 1. The number of aliphatic hydroxyl groups is 1. The molecular formula is C11H17NO4. The van der Waals surface area contributed by atoms with E-state index in [1.54, 1.807) is 6.92 Å². The SMILES string of the molecule is CCC(O)CNCc1cc(C(=O)O)c(C)o1. The van der Waals surface area contributed by atoms with Gasteiger partial charge in [0.2, 0.25) is 0 Å². The Kier molecular flexibility index (Phi) is 4.52. The van der Waals surface area contributed by atoms with Crippen LogP contribution in [0.1, 0.15) is 35.2 Å². The van der Waals surface area contributed by atoms with Gasteiger partial charge in [0, 0.05) is 6.54 Å². The van der Waals surface area contributed by atoms with Gasteiger partial charge in [0.05, 0.1) is 12.6 Å². The van der Waals surface area contributed by atoms with Gasteiger partial charge in [0.15, 0.2) is 0 Å². The molecule has 0 aliphatic carbocycles. The number of rotatable bonds is 6. The predicted molar refractivity (Wildman–Crippen MR) is 58.4 cm³/mol. The topological polar surface area (TPSA) is 82.7 Å². The number of aryl methyl sites for hydroxylation is 1. The minimum absolute atomic E-state index is 0.188.